The monoisotopic (exact) mass is 127 g/mol. The summed E-state index contributed by atoms with van der Waals surface area (Å²) in [5.74, 6) is 0.693. The first-order valence-corrected chi connectivity index (χ1v) is 3.49. The summed E-state index contributed by atoms with van der Waals surface area (Å²) in [7, 11) is 1.96. The summed E-state index contributed by atoms with van der Waals surface area (Å²) in [6.45, 7) is 7.58. The third-order valence-electron chi connectivity index (χ3n) is 1.54. The maximum absolute atomic E-state index is 3.08. The molecule has 54 valence electrons. The minimum Gasteiger partial charge on any atom is -0.316 e. The molecule has 0 heterocycles. The molecule has 0 amide bonds. The maximum Gasteiger partial charge on any atom is 0.0134 e. The van der Waals surface area contributed by atoms with Crippen molar-refractivity contribution < 1.29 is 0 Å². The van der Waals surface area contributed by atoms with Gasteiger partial charge in [0.2, 0.25) is 0 Å². The molecular formula is C8H17N. The smallest absolute Gasteiger partial charge is 0.0134 e. The third-order valence-corrected chi connectivity index (χ3v) is 1.54. The fourth-order valence-corrected chi connectivity index (χ4v) is 0.499. The van der Waals surface area contributed by atoms with Crippen LogP contribution in [0.4, 0.5) is 0 Å². The van der Waals surface area contributed by atoms with Crippen LogP contribution >= 0.6 is 0 Å². The third kappa shape index (κ3) is 4.22. The Morgan fingerprint density at radius 1 is 1.56 bits per heavy atom. The number of nitrogens with one attached hydrogen (secondary N) is 1. The Morgan fingerprint density at radius 3 is 2.44 bits per heavy atom. The first-order valence-electron chi connectivity index (χ1n) is 3.49. The first-order chi connectivity index (χ1) is 4.18. The summed E-state index contributed by atoms with van der Waals surface area (Å²) in [4.78, 5) is 0. The lowest BCUT2D eigenvalue weighted by molar-refractivity contribution is 0.757. The Balaban J connectivity index is 3.55. The van der Waals surface area contributed by atoms with Crippen molar-refractivity contribution in [3.05, 3.63) is 11.6 Å². The molecule has 0 aliphatic rings. The summed E-state index contributed by atoms with van der Waals surface area (Å²) in [5, 5.41) is 3.08. The van der Waals surface area contributed by atoms with Crippen LogP contribution in [0.3, 0.4) is 0 Å². The Labute approximate surface area is 58.2 Å². The largest absolute Gasteiger partial charge is 0.316 e. The van der Waals surface area contributed by atoms with Gasteiger partial charge >= 0.3 is 0 Å². The van der Waals surface area contributed by atoms with Gasteiger partial charge in [-0.2, -0.15) is 0 Å². The predicted octanol–water partition coefficient (Wildman–Crippen LogP) is 1.81. The van der Waals surface area contributed by atoms with Gasteiger partial charge in [-0.05, 0) is 19.9 Å². The van der Waals surface area contributed by atoms with Gasteiger partial charge in [-0.1, -0.05) is 25.5 Å². The van der Waals surface area contributed by atoms with Crippen LogP contribution in [0.2, 0.25) is 0 Å². The summed E-state index contributed by atoms with van der Waals surface area (Å²) in [6.07, 6.45) is 2.23. The second kappa shape index (κ2) is 4.57. The zero-order valence-electron chi connectivity index (χ0n) is 6.86. The summed E-state index contributed by atoms with van der Waals surface area (Å²) in [5.41, 5.74) is 1.46. The average Bonchev–Trinajstić information content (AvgIpc) is 1.82. The lowest BCUT2D eigenvalue weighted by Crippen LogP contribution is -2.05. The standard InChI is InChI=1S/C8H17N/c1-7(2)8(3)5-6-9-4/h5,7,9H,6H2,1-4H3. The molecule has 0 saturated heterocycles. The summed E-state index contributed by atoms with van der Waals surface area (Å²) >= 11 is 0. The van der Waals surface area contributed by atoms with E-state index in [-0.39, 0.29) is 0 Å². The second-order valence-electron chi connectivity index (χ2n) is 2.66. The molecule has 0 spiro atoms. The molecule has 1 N–H and O–H groups in total. The Kier molecular flexibility index (Phi) is 4.41. The molecule has 0 aromatic rings. The second-order valence-corrected chi connectivity index (χ2v) is 2.66. The molecule has 0 unspecified atom stereocenters. The minimum absolute atomic E-state index is 0.693. The van der Waals surface area contributed by atoms with Crippen molar-refractivity contribution in [2.24, 2.45) is 5.92 Å². The molecule has 0 fully saturated rings. The molecule has 0 rings (SSSR count). The Morgan fingerprint density at radius 2 is 2.11 bits per heavy atom. The van der Waals surface area contributed by atoms with Crippen LogP contribution in [-0.2, 0) is 0 Å². The van der Waals surface area contributed by atoms with E-state index in [9.17, 15) is 0 Å². The molecule has 0 aliphatic carbocycles. The van der Waals surface area contributed by atoms with Crippen molar-refractivity contribution in [1.29, 1.82) is 0 Å². The maximum atomic E-state index is 3.08. The van der Waals surface area contributed by atoms with Crippen LogP contribution in [0.25, 0.3) is 0 Å². The topological polar surface area (TPSA) is 12.0 Å². The van der Waals surface area contributed by atoms with E-state index < -0.39 is 0 Å². The van der Waals surface area contributed by atoms with Gasteiger partial charge in [0.1, 0.15) is 0 Å². The molecule has 9 heavy (non-hydrogen) atoms. The fraction of sp³-hybridized carbons (Fsp3) is 0.750. The van der Waals surface area contributed by atoms with Gasteiger partial charge in [0.15, 0.2) is 0 Å². The number of allylic oxidation sites excluding steroid dienone is 1. The van der Waals surface area contributed by atoms with Crippen LogP contribution in [0.5, 0.6) is 0 Å². The van der Waals surface area contributed by atoms with Crippen LogP contribution in [0.15, 0.2) is 11.6 Å². The van der Waals surface area contributed by atoms with Gasteiger partial charge in [0.05, 0.1) is 0 Å². The quantitative estimate of drug-likeness (QED) is 0.570. The highest BCUT2D eigenvalue weighted by molar-refractivity contribution is 5.01. The minimum atomic E-state index is 0.693. The van der Waals surface area contributed by atoms with E-state index in [1.807, 2.05) is 7.05 Å². The molecule has 0 radical (unpaired) electrons. The van der Waals surface area contributed by atoms with Gasteiger partial charge in [-0.25, -0.2) is 0 Å². The van der Waals surface area contributed by atoms with Crippen molar-refractivity contribution in [3.63, 3.8) is 0 Å². The highest BCUT2D eigenvalue weighted by Crippen LogP contribution is 2.05. The average molecular weight is 127 g/mol. The van der Waals surface area contributed by atoms with Gasteiger partial charge < -0.3 is 5.32 Å². The number of rotatable bonds is 3. The first kappa shape index (κ1) is 8.70. The van der Waals surface area contributed by atoms with Crippen molar-refractivity contribution in [3.8, 4) is 0 Å². The van der Waals surface area contributed by atoms with E-state index in [2.05, 4.69) is 32.2 Å². The molecule has 0 aromatic carbocycles. The van der Waals surface area contributed by atoms with Gasteiger partial charge in [0.25, 0.3) is 0 Å². The Bertz CT molecular complexity index is 92.7. The Hall–Kier alpha value is -0.300. The van der Waals surface area contributed by atoms with Crippen LogP contribution in [0.1, 0.15) is 20.8 Å². The fourth-order valence-electron chi connectivity index (χ4n) is 0.499. The molecule has 0 saturated carbocycles. The lowest BCUT2D eigenvalue weighted by atomic mass is 10.1. The molecular weight excluding hydrogens is 110 g/mol. The van der Waals surface area contributed by atoms with E-state index in [4.69, 9.17) is 0 Å². The normalized spacial score (nSPS) is 12.8. The SMILES string of the molecule is CNCC=C(C)C(C)C. The van der Waals surface area contributed by atoms with E-state index in [0.29, 0.717) is 5.92 Å². The lowest BCUT2D eigenvalue weighted by Gasteiger charge is -2.03. The summed E-state index contributed by atoms with van der Waals surface area (Å²) in [6, 6.07) is 0. The van der Waals surface area contributed by atoms with Crippen molar-refractivity contribution in [2.75, 3.05) is 13.6 Å². The van der Waals surface area contributed by atoms with Crippen molar-refractivity contribution >= 4 is 0 Å². The molecule has 1 nitrogen and oxygen atoms in total. The molecule has 0 aliphatic heterocycles. The van der Waals surface area contributed by atoms with Crippen molar-refractivity contribution in [1.82, 2.24) is 5.32 Å². The number of likely N-dealkylation sites (N-methyl/N-ethyl adjacent to an activating group) is 1. The van der Waals surface area contributed by atoms with E-state index in [1.54, 1.807) is 0 Å². The predicted molar refractivity (Wildman–Crippen MR) is 42.5 cm³/mol. The van der Waals surface area contributed by atoms with Crippen LogP contribution in [-0.4, -0.2) is 13.6 Å². The number of hydrogen-bond acceptors (Lipinski definition) is 1. The van der Waals surface area contributed by atoms with Gasteiger partial charge in [0, 0.05) is 6.54 Å². The highest BCUT2D eigenvalue weighted by atomic mass is 14.8. The molecule has 0 bridgehead atoms. The molecule has 0 atom stereocenters. The van der Waals surface area contributed by atoms with E-state index >= 15 is 0 Å². The van der Waals surface area contributed by atoms with Gasteiger partial charge in [-0.15, -0.1) is 0 Å². The summed E-state index contributed by atoms with van der Waals surface area (Å²) < 4.78 is 0. The number of hydrogen-bond donors (Lipinski definition) is 1. The van der Waals surface area contributed by atoms with E-state index in [0.717, 1.165) is 6.54 Å². The van der Waals surface area contributed by atoms with E-state index in [1.165, 1.54) is 5.57 Å². The molecule has 0 aromatic heterocycles. The zero-order chi connectivity index (χ0) is 7.28. The molecule has 1 heteroatoms. The van der Waals surface area contributed by atoms with Crippen LogP contribution in [0, 0.1) is 5.92 Å². The van der Waals surface area contributed by atoms with Gasteiger partial charge in [-0.3, -0.25) is 0 Å². The zero-order valence-corrected chi connectivity index (χ0v) is 6.86. The van der Waals surface area contributed by atoms with Crippen LogP contribution < -0.4 is 5.32 Å². The highest BCUT2D eigenvalue weighted by Gasteiger charge is 1.92. The van der Waals surface area contributed by atoms with Crippen molar-refractivity contribution in [2.45, 2.75) is 20.8 Å².